The molecule has 0 bridgehead atoms. The molecule has 1 N–H and O–H groups in total. The average Bonchev–Trinajstić information content (AvgIpc) is 2.01. The van der Waals surface area contributed by atoms with E-state index in [0.717, 1.165) is 6.08 Å². The van der Waals surface area contributed by atoms with Crippen LogP contribution in [-0.4, -0.2) is 42.6 Å². The Balaban J connectivity index is -0.000000720. The van der Waals surface area contributed by atoms with Gasteiger partial charge in [-0.05, 0) is 13.0 Å². The number of rotatable bonds is 4. The predicted octanol–water partition coefficient (Wildman–Crippen LogP) is -2.98. The maximum atomic E-state index is 10.9. The molecule has 14 heavy (non-hydrogen) atoms. The molecule has 0 rings (SSSR count). The van der Waals surface area contributed by atoms with Crippen molar-refractivity contribution >= 4 is 16.0 Å². The first-order chi connectivity index (χ1) is 5.79. The quantitative estimate of drug-likeness (QED) is 0.318. The SMILES string of the molecule is C=CC(=O)N(C)CC(C)S(=O)(=O)O.[H-].[Na+]. The fourth-order valence-corrected chi connectivity index (χ4v) is 1.14. The second kappa shape index (κ2) is 6.58. The van der Waals surface area contributed by atoms with Gasteiger partial charge in [-0.1, -0.05) is 6.58 Å². The molecule has 1 amide bonds. The van der Waals surface area contributed by atoms with Crippen LogP contribution >= 0.6 is 0 Å². The van der Waals surface area contributed by atoms with Crippen LogP contribution in [-0.2, 0) is 14.9 Å². The Bertz CT molecular complexity index is 306. The van der Waals surface area contributed by atoms with E-state index in [9.17, 15) is 13.2 Å². The molecule has 0 aromatic heterocycles. The van der Waals surface area contributed by atoms with E-state index >= 15 is 0 Å². The normalized spacial score (nSPS) is 12.5. The van der Waals surface area contributed by atoms with Gasteiger partial charge in [0.2, 0.25) is 5.91 Å². The first-order valence-electron chi connectivity index (χ1n) is 3.63. The molecular formula is C7H14NNaO4S. The van der Waals surface area contributed by atoms with Crippen molar-refractivity contribution in [2.75, 3.05) is 13.6 Å². The fraction of sp³-hybridized carbons (Fsp3) is 0.571. The summed E-state index contributed by atoms with van der Waals surface area (Å²) in [5, 5.41) is -0.985. The smallest absolute Gasteiger partial charge is 1.00 e. The zero-order valence-corrected chi connectivity index (χ0v) is 11.4. The molecule has 78 valence electrons. The van der Waals surface area contributed by atoms with Crippen LogP contribution < -0.4 is 29.6 Å². The zero-order valence-electron chi connectivity index (χ0n) is 9.60. The Hall–Kier alpha value is 0.120. The largest absolute Gasteiger partial charge is 1.00 e. The molecule has 0 fully saturated rings. The van der Waals surface area contributed by atoms with Crippen LogP contribution in [0.4, 0.5) is 0 Å². The van der Waals surface area contributed by atoms with Gasteiger partial charge in [-0.15, -0.1) is 0 Å². The van der Waals surface area contributed by atoms with E-state index in [2.05, 4.69) is 6.58 Å². The standard InChI is InChI=1S/C7H13NO4S.Na.H/c1-4-7(9)8(3)5-6(2)13(10,11)12;;/h4,6H,1,5H2,2-3H3,(H,10,11,12);;/q;+1;-1. The molecule has 1 unspecified atom stereocenters. The van der Waals surface area contributed by atoms with Gasteiger partial charge in [0.15, 0.2) is 0 Å². The minimum atomic E-state index is -4.07. The molecule has 0 saturated carbocycles. The van der Waals surface area contributed by atoms with E-state index in [-0.39, 0.29) is 43.4 Å². The Morgan fingerprint density at radius 1 is 1.71 bits per heavy atom. The van der Waals surface area contributed by atoms with Crippen LogP contribution in [0.15, 0.2) is 12.7 Å². The number of hydrogen-bond donors (Lipinski definition) is 1. The van der Waals surface area contributed by atoms with Crippen molar-refractivity contribution in [1.82, 2.24) is 4.90 Å². The van der Waals surface area contributed by atoms with Crippen molar-refractivity contribution in [3.63, 3.8) is 0 Å². The summed E-state index contributed by atoms with van der Waals surface area (Å²) in [6.07, 6.45) is 1.08. The van der Waals surface area contributed by atoms with Gasteiger partial charge in [-0.2, -0.15) is 8.42 Å². The van der Waals surface area contributed by atoms with E-state index in [4.69, 9.17) is 4.55 Å². The number of hydrogen-bond acceptors (Lipinski definition) is 3. The third kappa shape index (κ3) is 5.77. The fourth-order valence-electron chi connectivity index (χ4n) is 0.726. The van der Waals surface area contributed by atoms with E-state index in [1.807, 2.05) is 0 Å². The molecular weight excluding hydrogens is 217 g/mol. The van der Waals surface area contributed by atoms with Crippen LogP contribution in [0.1, 0.15) is 8.35 Å². The minimum absolute atomic E-state index is 0. The Kier molecular flexibility index (Phi) is 7.77. The molecule has 0 saturated heterocycles. The van der Waals surface area contributed by atoms with Crippen molar-refractivity contribution in [2.45, 2.75) is 12.2 Å². The second-order valence-corrected chi connectivity index (χ2v) is 4.58. The van der Waals surface area contributed by atoms with Gasteiger partial charge < -0.3 is 6.33 Å². The maximum Gasteiger partial charge on any atom is 1.00 e. The second-order valence-electron chi connectivity index (χ2n) is 2.75. The van der Waals surface area contributed by atoms with Gasteiger partial charge in [0.05, 0.1) is 0 Å². The summed E-state index contributed by atoms with van der Waals surface area (Å²) < 4.78 is 29.7. The molecule has 0 aromatic carbocycles. The van der Waals surface area contributed by atoms with E-state index in [1.54, 1.807) is 0 Å². The zero-order chi connectivity index (χ0) is 10.6. The van der Waals surface area contributed by atoms with Gasteiger partial charge in [0, 0.05) is 13.6 Å². The van der Waals surface area contributed by atoms with Gasteiger partial charge >= 0.3 is 29.6 Å². The summed E-state index contributed by atoms with van der Waals surface area (Å²) >= 11 is 0. The third-order valence-corrected chi connectivity index (χ3v) is 2.76. The maximum absolute atomic E-state index is 10.9. The number of carbonyl (C=O) groups is 1. The van der Waals surface area contributed by atoms with Crippen molar-refractivity contribution in [3.05, 3.63) is 12.7 Å². The number of carbonyl (C=O) groups excluding carboxylic acids is 1. The van der Waals surface area contributed by atoms with Crippen LogP contribution in [0.5, 0.6) is 0 Å². The Morgan fingerprint density at radius 2 is 2.14 bits per heavy atom. The summed E-state index contributed by atoms with van der Waals surface area (Å²) in [7, 11) is -2.63. The first-order valence-corrected chi connectivity index (χ1v) is 5.13. The molecule has 0 aromatic rings. The van der Waals surface area contributed by atoms with Crippen LogP contribution in [0, 0.1) is 0 Å². The molecule has 0 spiro atoms. The van der Waals surface area contributed by atoms with Crippen LogP contribution in [0.3, 0.4) is 0 Å². The first kappa shape index (κ1) is 16.5. The molecule has 0 radical (unpaired) electrons. The van der Waals surface area contributed by atoms with Crippen molar-refractivity contribution in [1.29, 1.82) is 0 Å². The minimum Gasteiger partial charge on any atom is -1.00 e. The average molecular weight is 231 g/mol. The predicted molar refractivity (Wildman–Crippen MR) is 50.0 cm³/mol. The number of likely N-dealkylation sites (N-methyl/N-ethyl adjacent to an activating group) is 1. The Morgan fingerprint density at radius 3 is 2.43 bits per heavy atom. The van der Waals surface area contributed by atoms with Crippen LogP contribution in [0.2, 0.25) is 0 Å². The monoisotopic (exact) mass is 231 g/mol. The molecule has 0 aliphatic rings. The van der Waals surface area contributed by atoms with Gasteiger partial charge in [0.25, 0.3) is 10.1 Å². The van der Waals surface area contributed by atoms with E-state index in [1.165, 1.54) is 18.9 Å². The third-order valence-electron chi connectivity index (χ3n) is 1.59. The van der Waals surface area contributed by atoms with Gasteiger partial charge in [0.1, 0.15) is 5.25 Å². The molecule has 0 aliphatic carbocycles. The Labute approximate surface area is 108 Å². The molecule has 5 nitrogen and oxygen atoms in total. The molecule has 1 atom stereocenters. The van der Waals surface area contributed by atoms with Crippen LogP contribution in [0.25, 0.3) is 0 Å². The van der Waals surface area contributed by atoms with E-state index < -0.39 is 15.4 Å². The van der Waals surface area contributed by atoms with E-state index in [0.29, 0.717) is 0 Å². The number of amides is 1. The molecule has 0 heterocycles. The number of nitrogens with zero attached hydrogens (tertiary/aromatic N) is 1. The molecule has 0 aliphatic heterocycles. The van der Waals surface area contributed by atoms with Gasteiger partial charge in [-0.3, -0.25) is 9.35 Å². The summed E-state index contributed by atoms with van der Waals surface area (Å²) in [6, 6.07) is 0. The van der Waals surface area contributed by atoms with Crippen molar-refractivity contribution in [3.8, 4) is 0 Å². The topological polar surface area (TPSA) is 74.7 Å². The van der Waals surface area contributed by atoms with Crippen molar-refractivity contribution < 1.29 is 48.7 Å². The summed E-state index contributed by atoms with van der Waals surface area (Å²) in [5.41, 5.74) is 0. The summed E-state index contributed by atoms with van der Waals surface area (Å²) in [4.78, 5) is 12.1. The van der Waals surface area contributed by atoms with Crippen molar-refractivity contribution in [2.24, 2.45) is 0 Å². The molecule has 7 heteroatoms. The summed E-state index contributed by atoms with van der Waals surface area (Å²) in [5.74, 6) is -0.379. The van der Waals surface area contributed by atoms with Gasteiger partial charge in [-0.25, -0.2) is 0 Å². The summed E-state index contributed by atoms with van der Waals surface area (Å²) in [6.45, 7) is 4.52.